The molecule has 0 aliphatic rings. The van der Waals surface area contributed by atoms with Crippen molar-refractivity contribution in [3.8, 4) is 0 Å². The Bertz CT molecular complexity index is 147. The molecule has 0 saturated heterocycles. The second kappa shape index (κ2) is 5.40. The average Bonchev–Trinajstić information content (AvgIpc) is 2.02. The molecule has 2 heteroatoms. The van der Waals surface area contributed by atoms with Gasteiger partial charge in [-0.1, -0.05) is 13.0 Å². The van der Waals surface area contributed by atoms with E-state index < -0.39 is 0 Å². The van der Waals surface area contributed by atoms with E-state index in [9.17, 15) is 0 Å². The molecule has 0 saturated carbocycles. The first-order valence-corrected chi connectivity index (χ1v) is 4.70. The van der Waals surface area contributed by atoms with Gasteiger partial charge in [-0.3, -0.25) is 0 Å². The molecule has 0 bridgehead atoms. The number of hydrogen-bond acceptors (Lipinski definition) is 2. The van der Waals surface area contributed by atoms with Crippen molar-refractivity contribution < 1.29 is 9.47 Å². The minimum atomic E-state index is -0.0757. The molecule has 0 aliphatic carbocycles. The summed E-state index contributed by atoms with van der Waals surface area (Å²) < 4.78 is 10.9. The molecule has 13 heavy (non-hydrogen) atoms. The van der Waals surface area contributed by atoms with Crippen molar-refractivity contribution >= 4 is 0 Å². The van der Waals surface area contributed by atoms with Crippen LogP contribution in [-0.4, -0.2) is 25.4 Å². The van der Waals surface area contributed by atoms with Crippen LogP contribution in [0.25, 0.3) is 0 Å². The molecule has 0 aliphatic heterocycles. The first-order chi connectivity index (χ1) is 5.90. The highest BCUT2D eigenvalue weighted by molar-refractivity contribution is 4.84. The van der Waals surface area contributed by atoms with Crippen molar-refractivity contribution in [3.63, 3.8) is 0 Å². The molecular weight excluding hydrogens is 164 g/mol. The van der Waals surface area contributed by atoms with Gasteiger partial charge in [-0.05, 0) is 20.8 Å². The van der Waals surface area contributed by atoms with E-state index >= 15 is 0 Å². The molecule has 2 atom stereocenters. The second-order valence-electron chi connectivity index (χ2n) is 4.34. The van der Waals surface area contributed by atoms with Gasteiger partial charge in [0, 0.05) is 13.0 Å². The third-order valence-corrected chi connectivity index (χ3v) is 1.84. The number of ether oxygens (including phenoxy) is 2. The quantitative estimate of drug-likeness (QED) is 0.614. The van der Waals surface area contributed by atoms with Crippen LogP contribution in [0.1, 0.15) is 27.7 Å². The van der Waals surface area contributed by atoms with Gasteiger partial charge in [0.2, 0.25) is 0 Å². The van der Waals surface area contributed by atoms with Crippen LogP contribution in [0.4, 0.5) is 0 Å². The maximum absolute atomic E-state index is 5.65. The van der Waals surface area contributed by atoms with Crippen LogP contribution in [0.15, 0.2) is 12.7 Å². The summed E-state index contributed by atoms with van der Waals surface area (Å²) in [6.45, 7) is 12.7. The number of methoxy groups -OCH3 is 1. The van der Waals surface area contributed by atoms with E-state index in [0.29, 0.717) is 12.5 Å². The van der Waals surface area contributed by atoms with E-state index in [-0.39, 0.29) is 11.7 Å². The van der Waals surface area contributed by atoms with Crippen LogP contribution in [0.3, 0.4) is 0 Å². The summed E-state index contributed by atoms with van der Waals surface area (Å²) in [4.78, 5) is 0. The Morgan fingerprint density at radius 2 is 1.92 bits per heavy atom. The minimum Gasteiger partial charge on any atom is -0.377 e. The summed E-state index contributed by atoms with van der Waals surface area (Å²) in [5, 5.41) is 0. The lowest BCUT2D eigenvalue weighted by molar-refractivity contribution is -0.0425. The van der Waals surface area contributed by atoms with E-state index in [4.69, 9.17) is 9.47 Å². The van der Waals surface area contributed by atoms with Crippen LogP contribution < -0.4 is 0 Å². The van der Waals surface area contributed by atoms with Crippen molar-refractivity contribution in [1.82, 2.24) is 0 Å². The lowest BCUT2D eigenvalue weighted by Gasteiger charge is -2.25. The first kappa shape index (κ1) is 12.7. The zero-order chi connectivity index (χ0) is 10.5. The molecule has 0 rings (SSSR count). The van der Waals surface area contributed by atoms with Gasteiger partial charge < -0.3 is 9.47 Å². The van der Waals surface area contributed by atoms with Crippen molar-refractivity contribution in [2.24, 2.45) is 5.92 Å². The van der Waals surface area contributed by atoms with Gasteiger partial charge in [0.15, 0.2) is 0 Å². The highest BCUT2D eigenvalue weighted by Gasteiger charge is 2.17. The highest BCUT2D eigenvalue weighted by Crippen LogP contribution is 2.13. The monoisotopic (exact) mass is 186 g/mol. The van der Waals surface area contributed by atoms with E-state index in [2.05, 4.69) is 34.3 Å². The molecule has 0 aromatic heterocycles. The Kier molecular flexibility index (Phi) is 5.26. The van der Waals surface area contributed by atoms with Gasteiger partial charge in [-0.25, -0.2) is 0 Å². The van der Waals surface area contributed by atoms with Crippen molar-refractivity contribution in [2.75, 3.05) is 13.7 Å². The second-order valence-corrected chi connectivity index (χ2v) is 4.34. The zero-order valence-electron chi connectivity index (χ0n) is 9.46. The summed E-state index contributed by atoms with van der Waals surface area (Å²) in [7, 11) is 1.69. The van der Waals surface area contributed by atoms with E-state index in [0.717, 1.165) is 0 Å². The summed E-state index contributed by atoms with van der Waals surface area (Å²) in [6.07, 6.45) is 1.90. The Morgan fingerprint density at radius 1 is 1.38 bits per heavy atom. The van der Waals surface area contributed by atoms with Gasteiger partial charge in [-0.15, -0.1) is 6.58 Å². The Morgan fingerprint density at radius 3 is 2.23 bits per heavy atom. The molecule has 0 N–H and O–H groups in total. The summed E-state index contributed by atoms with van der Waals surface area (Å²) in [5.41, 5.74) is -0.0757. The predicted octanol–water partition coefficient (Wildman–Crippen LogP) is 2.64. The Labute approximate surface area is 81.9 Å². The van der Waals surface area contributed by atoms with Gasteiger partial charge >= 0.3 is 0 Å². The van der Waals surface area contributed by atoms with Crippen LogP contribution in [0.2, 0.25) is 0 Å². The molecule has 0 aromatic carbocycles. The van der Waals surface area contributed by atoms with Gasteiger partial charge in [-0.2, -0.15) is 0 Å². The molecular formula is C11H22O2. The lowest BCUT2D eigenvalue weighted by Crippen LogP contribution is -2.28. The predicted molar refractivity (Wildman–Crippen MR) is 55.9 cm³/mol. The zero-order valence-corrected chi connectivity index (χ0v) is 9.46. The topological polar surface area (TPSA) is 18.5 Å². The first-order valence-electron chi connectivity index (χ1n) is 4.70. The molecule has 0 spiro atoms. The van der Waals surface area contributed by atoms with Crippen LogP contribution in [0, 0.1) is 5.92 Å². The fourth-order valence-electron chi connectivity index (χ4n) is 1.04. The fraction of sp³-hybridized carbons (Fsp3) is 0.818. The number of hydrogen-bond donors (Lipinski definition) is 0. The van der Waals surface area contributed by atoms with Crippen LogP contribution in [-0.2, 0) is 9.47 Å². The molecule has 0 aromatic rings. The van der Waals surface area contributed by atoms with Crippen molar-refractivity contribution in [3.05, 3.63) is 12.7 Å². The maximum atomic E-state index is 5.65. The third kappa shape index (κ3) is 5.83. The average molecular weight is 186 g/mol. The Hall–Kier alpha value is -0.340. The smallest absolute Gasteiger partial charge is 0.0796 e. The van der Waals surface area contributed by atoms with Crippen molar-refractivity contribution in [2.45, 2.75) is 39.4 Å². The molecule has 0 heterocycles. The van der Waals surface area contributed by atoms with Gasteiger partial charge in [0.05, 0.1) is 18.3 Å². The van der Waals surface area contributed by atoms with Crippen LogP contribution in [0.5, 0.6) is 0 Å². The summed E-state index contributed by atoms with van der Waals surface area (Å²) >= 11 is 0. The molecule has 0 fully saturated rings. The normalized spacial score (nSPS) is 16.7. The molecule has 0 unspecified atom stereocenters. The molecule has 78 valence electrons. The summed E-state index contributed by atoms with van der Waals surface area (Å²) in [6, 6.07) is 0. The number of rotatable bonds is 5. The SMILES string of the molecule is C=C[C@H](OC)[C@H](C)COC(C)(C)C. The van der Waals surface area contributed by atoms with E-state index in [1.54, 1.807) is 7.11 Å². The van der Waals surface area contributed by atoms with Crippen LogP contribution >= 0.6 is 0 Å². The Balaban J connectivity index is 3.85. The van der Waals surface area contributed by atoms with Gasteiger partial charge in [0.25, 0.3) is 0 Å². The van der Waals surface area contributed by atoms with E-state index in [1.165, 1.54) is 0 Å². The molecule has 0 amide bonds. The van der Waals surface area contributed by atoms with Gasteiger partial charge in [0.1, 0.15) is 0 Å². The standard InChI is InChI=1S/C11H22O2/c1-7-10(12-6)9(2)8-13-11(3,4)5/h7,9-10H,1,8H2,2-6H3/t9-,10+/m1/s1. The van der Waals surface area contributed by atoms with Crippen molar-refractivity contribution in [1.29, 1.82) is 0 Å². The largest absolute Gasteiger partial charge is 0.377 e. The molecule has 2 nitrogen and oxygen atoms in total. The van der Waals surface area contributed by atoms with E-state index in [1.807, 2.05) is 6.08 Å². The minimum absolute atomic E-state index is 0.0757. The molecule has 0 radical (unpaired) electrons. The third-order valence-electron chi connectivity index (χ3n) is 1.84. The highest BCUT2D eigenvalue weighted by atomic mass is 16.5. The maximum Gasteiger partial charge on any atom is 0.0796 e. The lowest BCUT2D eigenvalue weighted by atomic mass is 10.1. The summed E-state index contributed by atoms with van der Waals surface area (Å²) in [5.74, 6) is 0.349. The fourth-order valence-corrected chi connectivity index (χ4v) is 1.04.